The van der Waals surface area contributed by atoms with Crippen LogP contribution >= 0.6 is 0 Å². The minimum Gasteiger partial charge on any atom is -0.444 e. The van der Waals surface area contributed by atoms with Crippen molar-refractivity contribution in [3.05, 3.63) is 42.4 Å². The number of carbonyl (C=O) groups excluding carboxylic acids is 1. The average molecular weight is 393 g/mol. The quantitative estimate of drug-likeness (QED) is 0.632. The van der Waals surface area contributed by atoms with Gasteiger partial charge in [0.25, 0.3) is 0 Å². The fourth-order valence-electron chi connectivity index (χ4n) is 3.24. The SMILES string of the molecule is CC(C)(C)OC(=O)NCCCn1cc(-c2cnc3ccccc3n2)c(C2CC2)n1. The zero-order chi connectivity index (χ0) is 20.4. The van der Waals surface area contributed by atoms with Gasteiger partial charge < -0.3 is 10.1 Å². The highest BCUT2D eigenvalue weighted by atomic mass is 16.6. The molecule has 0 atom stereocenters. The van der Waals surface area contributed by atoms with Gasteiger partial charge in [-0.2, -0.15) is 5.10 Å². The second-order valence-electron chi connectivity index (χ2n) is 8.49. The number of aromatic nitrogens is 4. The summed E-state index contributed by atoms with van der Waals surface area (Å²) in [5.74, 6) is 0.513. The number of rotatable bonds is 6. The van der Waals surface area contributed by atoms with Gasteiger partial charge >= 0.3 is 6.09 Å². The molecule has 0 aliphatic heterocycles. The summed E-state index contributed by atoms with van der Waals surface area (Å²) >= 11 is 0. The van der Waals surface area contributed by atoms with Crippen molar-refractivity contribution in [1.82, 2.24) is 25.1 Å². The van der Waals surface area contributed by atoms with E-state index in [1.54, 1.807) is 0 Å². The molecule has 2 heterocycles. The van der Waals surface area contributed by atoms with Crippen LogP contribution in [0.4, 0.5) is 4.79 Å². The third kappa shape index (κ3) is 4.91. The number of benzene rings is 1. The zero-order valence-corrected chi connectivity index (χ0v) is 17.2. The van der Waals surface area contributed by atoms with E-state index in [9.17, 15) is 4.79 Å². The normalized spacial score (nSPS) is 14.2. The van der Waals surface area contributed by atoms with E-state index in [1.165, 1.54) is 12.8 Å². The number of alkyl carbamates (subject to hydrolysis) is 1. The Morgan fingerprint density at radius 2 is 2.00 bits per heavy atom. The summed E-state index contributed by atoms with van der Waals surface area (Å²) < 4.78 is 7.21. The Labute approximate surface area is 170 Å². The minimum absolute atomic E-state index is 0.385. The molecular weight excluding hydrogens is 366 g/mol. The maximum Gasteiger partial charge on any atom is 0.407 e. The predicted octanol–water partition coefficient (Wildman–Crippen LogP) is 4.29. The number of amides is 1. The van der Waals surface area contributed by atoms with Crippen LogP contribution in [-0.2, 0) is 11.3 Å². The van der Waals surface area contributed by atoms with Crippen LogP contribution in [0.3, 0.4) is 0 Å². The zero-order valence-electron chi connectivity index (χ0n) is 17.2. The number of fused-ring (bicyclic) bond motifs is 1. The van der Waals surface area contributed by atoms with Gasteiger partial charge in [0.1, 0.15) is 5.60 Å². The van der Waals surface area contributed by atoms with Crippen LogP contribution in [-0.4, -0.2) is 38.0 Å². The van der Waals surface area contributed by atoms with Crippen molar-refractivity contribution in [2.24, 2.45) is 0 Å². The molecule has 7 nitrogen and oxygen atoms in total. The Morgan fingerprint density at radius 1 is 1.24 bits per heavy atom. The second-order valence-corrected chi connectivity index (χ2v) is 8.49. The molecule has 0 radical (unpaired) electrons. The van der Waals surface area contributed by atoms with Gasteiger partial charge in [-0.25, -0.2) is 9.78 Å². The first-order chi connectivity index (χ1) is 13.9. The monoisotopic (exact) mass is 393 g/mol. The first-order valence-electron chi connectivity index (χ1n) is 10.2. The van der Waals surface area contributed by atoms with Gasteiger partial charge in [0.2, 0.25) is 0 Å². The Hall–Kier alpha value is -2.96. The summed E-state index contributed by atoms with van der Waals surface area (Å²) in [7, 11) is 0. The summed E-state index contributed by atoms with van der Waals surface area (Å²) in [5.41, 5.74) is 4.33. The maximum absolute atomic E-state index is 11.7. The fourth-order valence-corrected chi connectivity index (χ4v) is 3.24. The van der Waals surface area contributed by atoms with Crippen molar-refractivity contribution in [2.75, 3.05) is 6.54 Å². The van der Waals surface area contributed by atoms with E-state index in [-0.39, 0.29) is 6.09 Å². The predicted molar refractivity (Wildman–Crippen MR) is 112 cm³/mol. The third-order valence-corrected chi connectivity index (χ3v) is 4.71. The molecular formula is C22H27N5O2. The third-order valence-electron chi connectivity index (χ3n) is 4.71. The van der Waals surface area contributed by atoms with Gasteiger partial charge in [0.15, 0.2) is 0 Å². The molecule has 1 N–H and O–H groups in total. The van der Waals surface area contributed by atoms with E-state index in [4.69, 9.17) is 14.8 Å². The molecule has 4 rings (SSSR count). The van der Waals surface area contributed by atoms with Crippen molar-refractivity contribution in [2.45, 2.75) is 58.1 Å². The standard InChI is InChI=1S/C22H27N5O2/c1-22(2,3)29-21(28)23-11-6-12-27-14-16(20(26-27)15-9-10-15)19-13-24-17-7-4-5-8-18(17)25-19/h4-5,7-8,13-15H,6,9-12H2,1-3H3,(H,23,28). The molecule has 0 saturated heterocycles. The van der Waals surface area contributed by atoms with Crippen molar-refractivity contribution >= 4 is 17.1 Å². The largest absolute Gasteiger partial charge is 0.444 e. The van der Waals surface area contributed by atoms with E-state index in [0.29, 0.717) is 12.5 Å². The molecule has 0 bridgehead atoms. The number of aryl methyl sites for hydroxylation is 1. The fraction of sp³-hybridized carbons (Fsp3) is 0.455. The number of para-hydroxylation sites is 2. The van der Waals surface area contributed by atoms with Crippen LogP contribution in [0.15, 0.2) is 36.7 Å². The van der Waals surface area contributed by atoms with E-state index in [2.05, 4.69) is 16.5 Å². The first kappa shape index (κ1) is 19.4. The summed E-state index contributed by atoms with van der Waals surface area (Å²) in [6, 6.07) is 7.89. The Morgan fingerprint density at radius 3 is 2.72 bits per heavy atom. The second kappa shape index (κ2) is 7.81. The number of hydrogen-bond acceptors (Lipinski definition) is 5. The molecule has 1 saturated carbocycles. The van der Waals surface area contributed by atoms with Crippen molar-refractivity contribution < 1.29 is 9.53 Å². The Kier molecular flexibility index (Phi) is 5.22. The number of hydrogen-bond donors (Lipinski definition) is 1. The Bertz CT molecular complexity index is 1020. The van der Waals surface area contributed by atoms with Gasteiger partial charge in [-0.15, -0.1) is 0 Å². The lowest BCUT2D eigenvalue weighted by Crippen LogP contribution is -2.33. The lowest BCUT2D eigenvalue weighted by molar-refractivity contribution is 0.0526. The molecule has 2 aromatic heterocycles. The van der Waals surface area contributed by atoms with Crippen molar-refractivity contribution in [1.29, 1.82) is 0 Å². The number of carbonyl (C=O) groups is 1. The van der Waals surface area contributed by atoms with E-state index < -0.39 is 5.60 Å². The molecule has 1 aliphatic carbocycles. The van der Waals surface area contributed by atoms with Crippen molar-refractivity contribution in [3.63, 3.8) is 0 Å². The Balaban J connectivity index is 1.44. The van der Waals surface area contributed by atoms with Crippen LogP contribution < -0.4 is 5.32 Å². The maximum atomic E-state index is 11.7. The van der Waals surface area contributed by atoms with Crippen LogP contribution in [0.5, 0.6) is 0 Å². The smallest absolute Gasteiger partial charge is 0.407 e. The van der Waals surface area contributed by atoms with Crippen LogP contribution in [0.25, 0.3) is 22.3 Å². The molecule has 7 heteroatoms. The average Bonchev–Trinajstić information content (AvgIpc) is 3.43. The summed E-state index contributed by atoms with van der Waals surface area (Å²) in [4.78, 5) is 21.1. The molecule has 0 unspecified atom stereocenters. The van der Waals surface area contributed by atoms with Crippen molar-refractivity contribution in [3.8, 4) is 11.3 Å². The highest BCUT2D eigenvalue weighted by Crippen LogP contribution is 2.43. The lowest BCUT2D eigenvalue weighted by atomic mass is 10.1. The highest BCUT2D eigenvalue weighted by molar-refractivity contribution is 5.77. The van der Waals surface area contributed by atoms with Gasteiger partial charge in [-0.3, -0.25) is 9.67 Å². The summed E-state index contributed by atoms with van der Waals surface area (Å²) in [6.07, 6.45) is 6.62. The minimum atomic E-state index is -0.485. The molecule has 1 fully saturated rings. The molecule has 0 spiro atoms. The molecule has 1 amide bonds. The first-order valence-corrected chi connectivity index (χ1v) is 10.2. The van der Waals surface area contributed by atoms with Crippen LogP contribution in [0.2, 0.25) is 0 Å². The van der Waals surface area contributed by atoms with Crippen LogP contribution in [0, 0.1) is 0 Å². The van der Waals surface area contributed by atoms with Gasteiger partial charge in [-0.1, -0.05) is 12.1 Å². The van der Waals surface area contributed by atoms with Crippen LogP contribution in [0.1, 0.15) is 51.6 Å². The van der Waals surface area contributed by atoms with E-state index in [0.717, 1.165) is 41.0 Å². The highest BCUT2D eigenvalue weighted by Gasteiger charge is 2.30. The summed E-state index contributed by atoms with van der Waals surface area (Å²) in [5, 5.41) is 7.60. The molecule has 3 aromatic rings. The molecule has 29 heavy (non-hydrogen) atoms. The van der Waals surface area contributed by atoms with Gasteiger partial charge in [0, 0.05) is 30.8 Å². The lowest BCUT2D eigenvalue weighted by Gasteiger charge is -2.19. The van der Waals surface area contributed by atoms with Gasteiger partial charge in [0.05, 0.1) is 28.6 Å². The van der Waals surface area contributed by atoms with E-state index in [1.807, 2.05) is 55.9 Å². The summed E-state index contributed by atoms with van der Waals surface area (Å²) in [6.45, 7) is 6.82. The van der Waals surface area contributed by atoms with Gasteiger partial charge in [-0.05, 0) is 52.2 Å². The molecule has 1 aromatic carbocycles. The molecule has 1 aliphatic rings. The number of ether oxygens (including phenoxy) is 1. The van der Waals surface area contributed by atoms with E-state index >= 15 is 0 Å². The number of nitrogens with one attached hydrogen (secondary N) is 1. The number of nitrogens with zero attached hydrogens (tertiary/aromatic N) is 4. The topological polar surface area (TPSA) is 81.9 Å². The molecule has 152 valence electrons.